The molecule has 0 bridgehead atoms. The lowest BCUT2D eigenvalue weighted by atomic mass is 10.4. The summed E-state index contributed by atoms with van der Waals surface area (Å²) >= 11 is 1.43. The van der Waals surface area contributed by atoms with Gasteiger partial charge in [0.15, 0.2) is 0 Å². The molecule has 0 aromatic rings. The first-order chi connectivity index (χ1) is 5.22. The fourth-order valence-corrected chi connectivity index (χ4v) is 1.50. The third kappa shape index (κ3) is 5.09. The van der Waals surface area contributed by atoms with Crippen molar-refractivity contribution in [3.8, 4) is 0 Å². The van der Waals surface area contributed by atoms with Crippen molar-refractivity contribution < 1.29 is 14.6 Å². The van der Waals surface area contributed by atoms with Crippen molar-refractivity contribution >= 4 is 17.7 Å². The summed E-state index contributed by atoms with van der Waals surface area (Å²) in [6.45, 7) is 2.32. The first-order valence-corrected chi connectivity index (χ1v) is 4.60. The van der Waals surface area contributed by atoms with Gasteiger partial charge in [-0.15, -0.1) is 11.8 Å². The summed E-state index contributed by atoms with van der Waals surface area (Å²) in [5.74, 6) is 0.0886. The van der Waals surface area contributed by atoms with Crippen LogP contribution in [0.1, 0.15) is 13.3 Å². The number of carbonyl (C=O) groups is 1. The van der Waals surface area contributed by atoms with E-state index < -0.39 is 11.2 Å². The normalized spacial score (nSPS) is 12.9. The van der Waals surface area contributed by atoms with Gasteiger partial charge in [0.1, 0.15) is 5.25 Å². The molecule has 0 fully saturated rings. The van der Waals surface area contributed by atoms with E-state index in [-0.39, 0.29) is 0 Å². The van der Waals surface area contributed by atoms with Crippen LogP contribution in [-0.4, -0.2) is 35.8 Å². The van der Waals surface area contributed by atoms with Gasteiger partial charge in [0.2, 0.25) is 0 Å². The zero-order valence-electron chi connectivity index (χ0n) is 6.87. The SMILES string of the molecule is CCCSC(COC)C(=O)O. The van der Waals surface area contributed by atoms with Crippen molar-refractivity contribution in [1.29, 1.82) is 0 Å². The summed E-state index contributed by atoms with van der Waals surface area (Å²) in [5.41, 5.74) is 0. The number of methoxy groups -OCH3 is 1. The van der Waals surface area contributed by atoms with Crippen LogP contribution < -0.4 is 0 Å². The Bertz CT molecular complexity index is 116. The molecule has 0 saturated heterocycles. The molecule has 0 aromatic carbocycles. The van der Waals surface area contributed by atoms with Crippen LogP contribution in [0.15, 0.2) is 0 Å². The molecule has 0 radical (unpaired) electrons. The zero-order chi connectivity index (χ0) is 8.69. The second kappa shape index (κ2) is 6.49. The van der Waals surface area contributed by atoms with Gasteiger partial charge < -0.3 is 9.84 Å². The highest BCUT2D eigenvalue weighted by molar-refractivity contribution is 8.00. The standard InChI is InChI=1S/C7H14O3S/c1-3-4-11-6(5-10-2)7(8)9/h6H,3-5H2,1-2H3,(H,8,9). The largest absolute Gasteiger partial charge is 0.480 e. The number of rotatable bonds is 6. The van der Waals surface area contributed by atoms with Gasteiger partial charge in [-0.2, -0.15) is 0 Å². The maximum absolute atomic E-state index is 10.5. The number of aliphatic carboxylic acids is 1. The Balaban J connectivity index is 3.60. The number of carboxylic acid groups (broad SMARTS) is 1. The summed E-state index contributed by atoms with van der Waals surface area (Å²) < 4.78 is 4.76. The maximum atomic E-state index is 10.5. The number of ether oxygens (including phenoxy) is 1. The molecule has 0 aliphatic rings. The van der Waals surface area contributed by atoms with Gasteiger partial charge in [-0.05, 0) is 12.2 Å². The number of hydrogen-bond acceptors (Lipinski definition) is 3. The van der Waals surface area contributed by atoms with Crippen LogP contribution in [0.5, 0.6) is 0 Å². The fraction of sp³-hybridized carbons (Fsp3) is 0.857. The fourth-order valence-electron chi connectivity index (χ4n) is 0.602. The Morgan fingerprint density at radius 1 is 1.73 bits per heavy atom. The van der Waals surface area contributed by atoms with E-state index in [1.165, 1.54) is 18.9 Å². The first-order valence-electron chi connectivity index (χ1n) is 3.55. The van der Waals surface area contributed by atoms with E-state index in [2.05, 4.69) is 0 Å². The van der Waals surface area contributed by atoms with E-state index in [1.807, 2.05) is 6.92 Å². The molecule has 0 aliphatic carbocycles. The molecule has 0 amide bonds. The zero-order valence-corrected chi connectivity index (χ0v) is 7.69. The molecule has 1 unspecified atom stereocenters. The van der Waals surface area contributed by atoms with E-state index in [4.69, 9.17) is 9.84 Å². The number of hydrogen-bond donors (Lipinski definition) is 1. The maximum Gasteiger partial charge on any atom is 0.319 e. The Morgan fingerprint density at radius 2 is 2.36 bits per heavy atom. The molecule has 0 aliphatic heterocycles. The minimum Gasteiger partial charge on any atom is -0.480 e. The Morgan fingerprint density at radius 3 is 2.73 bits per heavy atom. The highest BCUT2D eigenvalue weighted by Gasteiger charge is 2.16. The summed E-state index contributed by atoms with van der Waals surface area (Å²) in [5, 5.41) is 8.23. The lowest BCUT2D eigenvalue weighted by Gasteiger charge is -2.08. The molecular formula is C7H14O3S. The molecule has 0 saturated carbocycles. The molecule has 11 heavy (non-hydrogen) atoms. The second-order valence-electron chi connectivity index (χ2n) is 2.15. The van der Waals surface area contributed by atoms with Crippen molar-refractivity contribution in [2.75, 3.05) is 19.5 Å². The molecule has 0 heterocycles. The van der Waals surface area contributed by atoms with Crippen molar-refractivity contribution in [2.24, 2.45) is 0 Å². The van der Waals surface area contributed by atoms with Crippen LogP contribution in [0.25, 0.3) is 0 Å². The smallest absolute Gasteiger partial charge is 0.319 e. The van der Waals surface area contributed by atoms with Crippen LogP contribution in [0.2, 0.25) is 0 Å². The van der Waals surface area contributed by atoms with Crippen LogP contribution in [0.4, 0.5) is 0 Å². The highest BCUT2D eigenvalue weighted by atomic mass is 32.2. The van der Waals surface area contributed by atoms with Gasteiger partial charge in [0, 0.05) is 7.11 Å². The van der Waals surface area contributed by atoms with Crippen LogP contribution in [-0.2, 0) is 9.53 Å². The van der Waals surface area contributed by atoms with Gasteiger partial charge >= 0.3 is 5.97 Å². The van der Waals surface area contributed by atoms with Crippen LogP contribution in [0, 0.1) is 0 Å². The van der Waals surface area contributed by atoms with E-state index in [1.54, 1.807) is 0 Å². The second-order valence-corrected chi connectivity index (χ2v) is 3.46. The summed E-state index contributed by atoms with van der Waals surface area (Å²) in [7, 11) is 1.52. The minimum absolute atomic E-state index is 0.292. The minimum atomic E-state index is -0.787. The van der Waals surface area contributed by atoms with Gasteiger partial charge in [0.25, 0.3) is 0 Å². The molecule has 0 rings (SSSR count). The Labute approximate surface area is 71.1 Å². The van der Waals surface area contributed by atoms with E-state index in [0.29, 0.717) is 6.61 Å². The monoisotopic (exact) mass is 178 g/mol. The quantitative estimate of drug-likeness (QED) is 0.664. The number of carboxylic acids is 1. The van der Waals surface area contributed by atoms with Crippen molar-refractivity contribution in [3.05, 3.63) is 0 Å². The van der Waals surface area contributed by atoms with Crippen molar-refractivity contribution in [1.82, 2.24) is 0 Å². The Kier molecular flexibility index (Phi) is 6.36. The first kappa shape index (κ1) is 10.8. The summed E-state index contributed by atoms with van der Waals surface area (Å²) in [4.78, 5) is 10.5. The average molecular weight is 178 g/mol. The molecule has 66 valence electrons. The van der Waals surface area contributed by atoms with E-state index in [9.17, 15) is 4.79 Å². The summed E-state index contributed by atoms with van der Waals surface area (Å²) in [6, 6.07) is 0. The van der Waals surface area contributed by atoms with Gasteiger partial charge in [-0.3, -0.25) is 4.79 Å². The third-order valence-electron chi connectivity index (χ3n) is 1.12. The molecule has 1 atom stereocenters. The number of thioether (sulfide) groups is 1. The molecule has 4 heteroatoms. The Hall–Kier alpha value is -0.220. The molecule has 0 spiro atoms. The topological polar surface area (TPSA) is 46.5 Å². The lowest BCUT2D eigenvalue weighted by Crippen LogP contribution is -2.22. The van der Waals surface area contributed by atoms with Gasteiger partial charge in [0.05, 0.1) is 6.61 Å². The van der Waals surface area contributed by atoms with E-state index in [0.717, 1.165) is 12.2 Å². The molecular weight excluding hydrogens is 164 g/mol. The van der Waals surface area contributed by atoms with Crippen LogP contribution in [0.3, 0.4) is 0 Å². The van der Waals surface area contributed by atoms with Gasteiger partial charge in [-0.1, -0.05) is 6.92 Å². The predicted molar refractivity (Wildman–Crippen MR) is 46.0 cm³/mol. The van der Waals surface area contributed by atoms with Crippen molar-refractivity contribution in [2.45, 2.75) is 18.6 Å². The summed E-state index contributed by atoms with van der Waals surface area (Å²) in [6.07, 6.45) is 0.998. The van der Waals surface area contributed by atoms with E-state index >= 15 is 0 Å². The molecule has 3 nitrogen and oxygen atoms in total. The van der Waals surface area contributed by atoms with Gasteiger partial charge in [-0.25, -0.2) is 0 Å². The predicted octanol–water partition coefficient (Wildman–Crippen LogP) is 1.23. The highest BCUT2D eigenvalue weighted by Crippen LogP contribution is 2.12. The third-order valence-corrected chi connectivity index (χ3v) is 2.50. The van der Waals surface area contributed by atoms with Crippen molar-refractivity contribution in [3.63, 3.8) is 0 Å². The molecule has 1 N–H and O–H groups in total. The van der Waals surface area contributed by atoms with Crippen LogP contribution >= 0.6 is 11.8 Å². The lowest BCUT2D eigenvalue weighted by molar-refractivity contribution is -0.137. The average Bonchev–Trinajstić information content (AvgIpc) is 1.97. The molecule has 0 aromatic heterocycles.